The quantitative estimate of drug-likeness (QED) is 0.553. The number of piperidine rings is 1. The van der Waals surface area contributed by atoms with Crippen molar-refractivity contribution in [2.75, 3.05) is 57.3 Å². The van der Waals surface area contributed by atoms with E-state index < -0.39 is 0 Å². The molecular formula is C28H36N6O. The molecule has 0 atom stereocenters. The molecular weight excluding hydrogens is 436 g/mol. The summed E-state index contributed by atoms with van der Waals surface area (Å²) >= 11 is 0. The van der Waals surface area contributed by atoms with Crippen molar-refractivity contribution >= 4 is 11.6 Å². The maximum Gasteiger partial charge on any atom is 0.254 e. The van der Waals surface area contributed by atoms with Gasteiger partial charge in [0.15, 0.2) is 0 Å². The largest absolute Gasteiger partial charge is 0.369 e. The Balaban J connectivity index is 1.21. The Morgan fingerprint density at radius 1 is 0.971 bits per heavy atom. The molecule has 3 aromatic rings. The fourth-order valence-corrected chi connectivity index (χ4v) is 5.20. The van der Waals surface area contributed by atoms with Gasteiger partial charge in [-0.2, -0.15) is 5.10 Å². The molecule has 5 rings (SSSR count). The summed E-state index contributed by atoms with van der Waals surface area (Å²) in [6.07, 6.45) is 3.79. The highest BCUT2D eigenvalue weighted by Crippen LogP contribution is 2.30. The number of amides is 1. The first-order chi connectivity index (χ1) is 17.2. The molecule has 2 saturated heterocycles. The van der Waals surface area contributed by atoms with Crippen molar-refractivity contribution in [3.05, 3.63) is 77.6 Å². The van der Waals surface area contributed by atoms with Gasteiger partial charge in [0.2, 0.25) is 0 Å². The maximum absolute atomic E-state index is 13.3. The second kappa shape index (κ2) is 11.1. The minimum atomic E-state index is -0.0141. The van der Waals surface area contributed by atoms with E-state index in [4.69, 9.17) is 0 Å². The van der Waals surface area contributed by atoms with Gasteiger partial charge in [-0.1, -0.05) is 35.9 Å². The van der Waals surface area contributed by atoms with Gasteiger partial charge in [0.1, 0.15) is 0 Å². The average molecular weight is 473 g/mol. The van der Waals surface area contributed by atoms with Crippen molar-refractivity contribution in [3.63, 3.8) is 0 Å². The molecule has 1 amide bonds. The van der Waals surface area contributed by atoms with E-state index in [1.54, 1.807) is 6.20 Å². The highest BCUT2D eigenvalue weighted by Gasteiger charge is 2.27. The van der Waals surface area contributed by atoms with Crippen LogP contribution in [0.4, 0.5) is 5.69 Å². The van der Waals surface area contributed by atoms with Gasteiger partial charge in [-0.05, 0) is 57.1 Å². The van der Waals surface area contributed by atoms with Crippen LogP contribution >= 0.6 is 0 Å². The number of para-hydroxylation sites is 1. The Kier molecular flexibility index (Phi) is 7.45. The molecule has 35 heavy (non-hydrogen) atoms. The minimum absolute atomic E-state index is 0.0141. The van der Waals surface area contributed by atoms with E-state index in [0.29, 0.717) is 18.0 Å². The smallest absolute Gasteiger partial charge is 0.254 e. The maximum atomic E-state index is 13.3. The number of anilines is 1. The van der Waals surface area contributed by atoms with Crippen molar-refractivity contribution in [1.82, 2.24) is 25.3 Å². The summed E-state index contributed by atoms with van der Waals surface area (Å²) in [7, 11) is 0. The van der Waals surface area contributed by atoms with Crippen LogP contribution in [0.3, 0.4) is 0 Å². The molecule has 0 unspecified atom stereocenters. The molecule has 0 radical (unpaired) electrons. The van der Waals surface area contributed by atoms with Crippen molar-refractivity contribution in [2.45, 2.75) is 25.7 Å². The van der Waals surface area contributed by atoms with Crippen LogP contribution in [0.1, 0.15) is 40.4 Å². The van der Waals surface area contributed by atoms with Crippen molar-refractivity contribution in [2.24, 2.45) is 0 Å². The Morgan fingerprint density at radius 3 is 2.40 bits per heavy atom. The first-order valence-corrected chi connectivity index (χ1v) is 12.9. The molecule has 0 aliphatic carbocycles. The summed E-state index contributed by atoms with van der Waals surface area (Å²) in [5.74, 6) is 0.312. The number of hydrogen-bond donors (Lipinski definition) is 2. The Labute approximate surface area is 208 Å². The van der Waals surface area contributed by atoms with E-state index in [1.165, 1.54) is 11.3 Å². The predicted octanol–water partition coefficient (Wildman–Crippen LogP) is 3.20. The average Bonchev–Trinajstić information content (AvgIpc) is 3.36. The van der Waals surface area contributed by atoms with Crippen LogP contribution in [0.2, 0.25) is 0 Å². The Bertz CT molecular complexity index is 1100. The molecule has 0 saturated carbocycles. The molecule has 2 fully saturated rings. The molecule has 7 nitrogen and oxygen atoms in total. The van der Waals surface area contributed by atoms with Crippen LogP contribution in [-0.4, -0.2) is 72.9 Å². The molecule has 0 spiro atoms. The highest BCUT2D eigenvalue weighted by atomic mass is 16.1. The molecule has 2 aliphatic heterocycles. The zero-order valence-electron chi connectivity index (χ0n) is 20.6. The molecule has 1 aromatic heterocycles. The first kappa shape index (κ1) is 23.6. The zero-order valence-corrected chi connectivity index (χ0v) is 20.6. The highest BCUT2D eigenvalue weighted by molar-refractivity contribution is 5.95. The summed E-state index contributed by atoms with van der Waals surface area (Å²) in [5, 5.41) is 11.3. The van der Waals surface area contributed by atoms with E-state index in [2.05, 4.69) is 87.1 Å². The first-order valence-electron chi connectivity index (χ1n) is 12.9. The summed E-state index contributed by atoms with van der Waals surface area (Å²) < 4.78 is 1.98. The second-order valence-electron chi connectivity index (χ2n) is 9.64. The van der Waals surface area contributed by atoms with Crippen molar-refractivity contribution in [3.8, 4) is 5.69 Å². The number of aryl methyl sites for hydroxylation is 1. The molecule has 7 heteroatoms. The predicted molar refractivity (Wildman–Crippen MR) is 141 cm³/mol. The van der Waals surface area contributed by atoms with Gasteiger partial charge in [0.25, 0.3) is 5.91 Å². The second-order valence-corrected chi connectivity index (χ2v) is 9.64. The lowest BCUT2D eigenvalue weighted by molar-refractivity contribution is 0.0946. The topological polar surface area (TPSA) is 65.4 Å². The van der Waals surface area contributed by atoms with E-state index in [1.807, 2.05) is 4.68 Å². The monoisotopic (exact) mass is 472 g/mol. The number of carbonyl (C=O) groups excluding carboxylic acids is 1. The van der Waals surface area contributed by atoms with Gasteiger partial charge < -0.3 is 15.5 Å². The number of carbonyl (C=O) groups is 1. The van der Waals surface area contributed by atoms with Crippen LogP contribution < -0.4 is 15.5 Å². The standard InChI is InChI=1S/C28H36N6O/c1-22-7-9-25(10-8-22)34-27(23-11-13-29-14-12-23)26(21-31-34)28(35)30-15-16-32-17-19-33(20-18-32)24-5-3-2-4-6-24/h2-10,21,23,29H,11-20H2,1H3,(H,30,35). The van der Waals surface area contributed by atoms with Gasteiger partial charge in [0, 0.05) is 50.9 Å². The van der Waals surface area contributed by atoms with Gasteiger partial charge in [-0.25, -0.2) is 4.68 Å². The third-order valence-electron chi connectivity index (χ3n) is 7.26. The van der Waals surface area contributed by atoms with Crippen LogP contribution in [0.5, 0.6) is 0 Å². The Hall–Kier alpha value is -3.16. The van der Waals surface area contributed by atoms with E-state index in [0.717, 1.165) is 70.0 Å². The molecule has 2 aromatic carbocycles. The van der Waals surface area contributed by atoms with Gasteiger partial charge in [0.05, 0.1) is 23.1 Å². The fraction of sp³-hybridized carbons (Fsp3) is 0.429. The molecule has 0 bridgehead atoms. The van der Waals surface area contributed by atoms with Crippen LogP contribution in [0.25, 0.3) is 5.69 Å². The van der Waals surface area contributed by atoms with Crippen molar-refractivity contribution in [1.29, 1.82) is 0 Å². The zero-order chi connectivity index (χ0) is 24.0. The molecule has 3 heterocycles. The summed E-state index contributed by atoms with van der Waals surface area (Å²) in [4.78, 5) is 18.1. The third-order valence-corrected chi connectivity index (χ3v) is 7.26. The third kappa shape index (κ3) is 5.57. The number of benzene rings is 2. The van der Waals surface area contributed by atoms with Gasteiger partial charge in [-0.3, -0.25) is 9.69 Å². The number of piperazine rings is 1. The Morgan fingerprint density at radius 2 is 1.69 bits per heavy atom. The van der Waals surface area contributed by atoms with Crippen LogP contribution in [0, 0.1) is 6.92 Å². The lowest BCUT2D eigenvalue weighted by Gasteiger charge is -2.36. The SMILES string of the molecule is Cc1ccc(-n2ncc(C(=O)NCCN3CCN(c4ccccc4)CC3)c2C2CCNCC2)cc1. The van der Waals surface area contributed by atoms with Crippen molar-refractivity contribution < 1.29 is 4.79 Å². The number of aromatic nitrogens is 2. The van der Waals surface area contributed by atoms with Crippen LogP contribution in [-0.2, 0) is 0 Å². The number of nitrogens with one attached hydrogen (secondary N) is 2. The number of rotatable bonds is 7. The van der Waals surface area contributed by atoms with E-state index in [-0.39, 0.29) is 5.91 Å². The summed E-state index contributed by atoms with van der Waals surface area (Å²) in [6.45, 7) is 9.59. The van der Waals surface area contributed by atoms with Gasteiger partial charge in [-0.15, -0.1) is 0 Å². The lowest BCUT2D eigenvalue weighted by Crippen LogP contribution is -2.48. The fourth-order valence-electron chi connectivity index (χ4n) is 5.20. The van der Waals surface area contributed by atoms with Gasteiger partial charge >= 0.3 is 0 Å². The molecule has 2 N–H and O–H groups in total. The molecule has 2 aliphatic rings. The summed E-state index contributed by atoms with van der Waals surface area (Å²) in [6, 6.07) is 19.0. The normalized spacial score (nSPS) is 17.5. The summed E-state index contributed by atoms with van der Waals surface area (Å²) in [5.41, 5.74) is 5.28. The molecule has 184 valence electrons. The van der Waals surface area contributed by atoms with E-state index >= 15 is 0 Å². The van der Waals surface area contributed by atoms with E-state index in [9.17, 15) is 4.79 Å². The minimum Gasteiger partial charge on any atom is -0.369 e. The number of hydrogen-bond acceptors (Lipinski definition) is 5. The number of nitrogens with zero attached hydrogens (tertiary/aromatic N) is 4. The lowest BCUT2D eigenvalue weighted by atomic mass is 9.91. The van der Waals surface area contributed by atoms with Crippen LogP contribution in [0.15, 0.2) is 60.8 Å².